The molecule has 82 valence electrons. The van der Waals surface area contributed by atoms with Crippen molar-refractivity contribution in [1.29, 1.82) is 0 Å². The molecule has 0 aliphatic carbocycles. The van der Waals surface area contributed by atoms with E-state index in [1.54, 1.807) is 12.4 Å². The number of hydrogen-bond acceptors (Lipinski definition) is 3. The van der Waals surface area contributed by atoms with E-state index in [2.05, 4.69) is 32.6 Å². The van der Waals surface area contributed by atoms with E-state index in [0.29, 0.717) is 11.8 Å². The largest absolute Gasteiger partial charge is 0.436 e. The summed E-state index contributed by atoms with van der Waals surface area (Å²) in [5, 5.41) is 0. The molecule has 0 radical (unpaired) electrons. The molecule has 0 amide bonds. The van der Waals surface area contributed by atoms with Crippen LogP contribution in [0.4, 0.5) is 0 Å². The van der Waals surface area contributed by atoms with E-state index in [1.807, 2.05) is 24.3 Å². The van der Waals surface area contributed by atoms with Gasteiger partial charge in [0.25, 0.3) is 0 Å². The maximum Gasteiger partial charge on any atom is 0.237 e. The van der Waals surface area contributed by atoms with Crippen molar-refractivity contribution in [2.24, 2.45) is 0 Å². The van der Waals surface area contributed by atoms with E-state index in [-0.39, 0.29) is 0 Å². The Morgan fingerprint density at radius 3 is 2.62 bits per heavy atom. The first-order chi connectivity index (χ1) is 7.79. The number of benzene rings is 1. The Morgan fingerprint density at radius 1 is 1.19 bits per heavy atom. The number of aromatic nitrogens is 2. The Labute approximate surface area is 112 Å². The zero-order chi connectivity index (χ0) is 11.4. The van der Waals surface area contributed by atoms with Gasteiger partial charge in [0, 0.05) is 0 Å². The summed E-state index contributed by atoms with van der Waals surface area (Å²) >= 11 is 7.83. The monoisotopic (exact) mass is 346 g/mol. The highest BCUT2D eigenvalue weighted by Crippen LogP contribution is 2.24. The lowest BCUT2D eigenvalue weighted by atomic mass is 10.3. The van der Waals surface area contributed by atoms with E-state index in [9.17, 15) is 0 Å². The second-order valence-electron chi connectivity index (χ2n) is 3.01. The lowest BCUT2D eigenvalue weighted by Crippen LogP contribution is -1.93. The van der Waals surface area contributed by atoms with Gasteiger partial charge in [0.05, 0.1) is 27.5 Å². The van der Waals surface area contributed by atoms with Crippen molar-refractivity contribution in [3.8, 4) is 11.6 Å². The summed E-state index contributed by atoms with van der Waals surface area (Å²) in [5.74, 6) is 1.60. The minimum Gasteiger partial charge on any atom is -0.436 e. The van der Waals surface area contributed by atoms with E-state index in [4.69, 9.17) is 16.3 Å². The fourth-order valence-electron chi connectivity index (χ4n) is 1.10. The number of nitrogens with zero attached hydrogens (tertiary/aromatic N) is 2. The molecule has 0 bridgehead atoms. The molecule has 0 N–H and O–H groups in total. The van der Waals surface area contributed by atoms with E-state index in [1.165, 1.54) is 0 Å². The first kappa shape index (κ1) is 11.6. The highest BCUT2D eigenvalue weighted by Gasteiger charge is 2.02. The van der Waals surface area contributed by atoms with E-state index >= 15 is 0 Å². The molecule has 0 unspecified atom stereocenters. The zero-order valence-electron chi connectivity index (χ0n) is 8.23. The second-order valence-corrected chi connectivity index (χ2v) is 4.44. The van der Waals surface area contributed by atoms with Crippen LogP contribution in [0.25, 0.3) is 0 Å². The molecule has 1 heterocycles. The van der Waals surface area contributed by atoms with Gasteiger partial charge in [0.1, 0.15) is 5.75 Å². The van der Waals surface area contributed by atoms with Crippen LogP contribution in [-0.2, 0) is 5.88 Å². The minimum absolute atomic E-state index is 0.357. The van der Waals surface area contributed by atoms with Crippen molar-refractivity contribution < 1.29 is 4.74 Å². The molecule has 0 atom stereocenters. The normalized spacial score (nSPS) is 10.1. The number of ether oxygens (including phenoxy) is 1. The first-order valence-corrected chi connectivity index (χ1v) is 6.20. The average Bonchev–Trinajstić information content (AvgIpc) is 2.33. The first-order valence-electron chi connectivity index (χ1n) is 4.59. The van der Waals surface area contributed by atoms with Gasteiger partial charge in [0.2, 0.25) is 5.88 Å². The number of halogens is 2. The van der Waals surface area contributed by atoms with Gasteiger partial charge < -0.3 is 4.74 Å². The number of hydrogen-bond donors (Lipinski definition) is 0. The summed E-state index contributed by atoms with van der Waals surface area (Å²) in [4.78, 5) is 8.21. The minimum atomic E-state index is 0.357. The Kier molecular flexibility index (Phi) is 3.95. The summed E-state index contributed by atoms with van der Waals surface area (Å²) in [6, 6.07) is 7.73. The van der Waals surface area contributed by atoms with Crippen molar-refractivity contribution in [3.05, 3.63) is 45.9 Å². The van der Waals surface area contributed by atoms with Crippen LogP contribution in [0.1, 0.15) is 5.69 Å². The number of rotatable bonds is 3. The standard InChI is InChI=1S/C11H8ClIN2O/c12-5-8-6-15-11(7-14-8)16-10-4-2-1-3-9(10)13/h1-4,6-7H,5H2. The molecule has 0 aliphatic heterocycles. The summed E-state index contributed by atoms with van der Waals surface area (Å²) in [6.07, 6.45) is 3.18. The molecular formula is C11H8ClIN2O. The summed E-state index contributed by atoms with van der Waals surface area (Å²) in [7, 11) is 0. The quantitative estimate of drug-likeness (QED) is 0.629. The van der Waals surface area contributed by atoms with E-state index < -0.39 is 0 Å². The SMILES string of the molecule is ClCc1cnc(Oc2ccccc2I)cn1. The van der Waals surface area contributed by atoms with Crippen LogP contribution >= 0.6 is 34.2 Å². The van der Waals surface area contributed by atoms with Crippen molar-refractivity contribution in [3.63, 3.8) is 0 Å². The molecule has 5 heteroatoms. The van der Waals surface area contributed by atoms with Gasteiger partial charge in [0.15, 0.2) is 0 Å². The fraction of sp³-hybridized carbons (Fsp3) is 0.0909. The molecule has 0 saturated heterocycles. The molecule has 1 aromatic carbocycles. The molecule has 0 aliphatic rings. The Balaban J connectivity index is 2.18. The smallest absolute Gasteiger partial charge is 0.237 e. The lowest BCUT2D eigenvalue weighted by molar-refractivity contribution is 0.456. The average molecular weight is 347 g/mol. The van der Waals surface area contributed by atoms with Gasteiger partial charge >= 0.3 is 0 Å². The van der Waals surface area contributed by atoms with Crippen molar-refractivity contribution >= 4 is 34.2 Å². The zero-order valence-corrected chi connectivity index (χ0v) is 11.1. The lowest BCUT2D eigenvalue weighted by Gasteiger charge is -2.05. The maximum absolute atomic E-state index is 5.62. The predicted octanol–water partition coefficient (Wildman–Crippen LogP) is 3.61. The highest BCUT2D eigenvalue weighted by molar-refractivity contribution is 14.1. The van der Waals surface area contributed by atoms with Crippen molar-refractivity contribution in [2.45, 2.75) is 5.88 Å². The van der Waals surface area contributed by atoms with Crippen LogP contribution < -0.4 is 4.74 Å². The molecule has 3 nitrogen and oxygen atoms in total. The molecule has 0 fully saturated rings. The van der Waals surface area contributed by atoms with Gasteiger partial charge in [-0.3, -0.25) is 4.98 Å². The van der Waals surface area contributed by atoms with E-state index in [0.717, 1.165) is 15.0 Å². The van der Waals surface area contributed by atoms with Crippen LogP contribution in [0.5, 0.6) is 11.6 Å². The third kappa shape index (κ3) is 2.82. The third-order valence-electron chi connectivity index (χ3n) is 1.87. The molecule has 0 spiro atoms. The van der Waals surface area contributed by atoms with Crippen LogP contribution in [0, 0.1) is 3.57 Å². The number of alkyl halides is 1. The third-order valence-corrected chi connectivity index (χ3v) is 3.03. The Hall–Kier alpha value is -0.880. The van der Waals surface area contributed by atoms with Crippen molar-refractivity contribution in [1.82, 2.24) is 9.97 Å². The summed E-state index contributed by atoms with van der Waals surface area (Å²) < 4.78 is 6.62. The predicted molar refractivity (Wildman–Crippen MR) is 70.8 cm³/mol. The number of para-hydroxylation sites is 1. The second kappa shape index (κ2) is 5.45. The molecular weight excluding hydrogens is 338 g/mol. The molecule has 0 saturated carbocycles. The molecule has 2 rings (SSSR count). The van der Waals surface area contributed by atoms with Gasteiger partial charge in [-0.25, -0.2) is 4.98 Å². The Bertz CT molecular complexity index is 476. The molecule has 1 aromatic heterocycles. The Morgan fingerprint density at radius 2 is 2.00 bits per heavy atom. The van der Waals surface area contributed by atoms with Crippen molar-refractivity contribution in [2.75, 3.05) is 0 Å². The maximum atomic E-state index is 5.62. The van der Waals surface area contributed by atoms with Gasteiger partial charge in [-0.2, -0.15) is 0 Å². The van der Waals surface area contributed by atoms with Crippen LogP contribution in [0.2, 0.25) is 0 Å². The molecule has 16 heavy (non-hydrogen) atoms. The van der Waals surface area contributed by atoms with Crippen LogP contribution in [0.3, 0.4) is 0 Å². The highest BCUT2D eigenvalue weighted by atomic mass is 127. The summed E-state index contributed by atoms with van der Waals surface area (Å²) in [6.45, 7) is 0. The summed E-state index contributed by atoms with van der Waals surface area (Å²) in [5.41, 5.74) is 0.733. The van der Waals surface area contributed by atoms with Gasteiger partial charge in [-0.05, 0) is 34.7 Å². The molecule has 2 aromatic rings. The van der Waals surface area contributed by atoms with Gasteiger partial charge in [-0.15, -0.1) is 11.6 Å². The van der Waals surface area contributed by atoms with Gasteiger partial charge in [-0.1, -0.05) is 12.1 Å². The van der Waals surface area contributed by atoms with Crippen LogP contribution in [-0.4, -0.2) is 9.97 Å². The fourth-order valence-corrected chi connectivity index (χ4v) is 1.74. The van der Waals surface area contributed by atoms with Crippen LogP contribution in [0.15, 0.2) is 36.7 Å². The topological polar surface area (TPSA) is 35.0 Å².